The molecule has 2 aromatic heterocycles. The Morgan fingerprint density at radius 3 is 2.86 bits per heavy atom. The van der Waals surface area contributed by atoms with Crippen molar-refractivity contribution in [1.82, 2.24) is 14.6 Å². The van der Waals surface area contributed by atoms with Gasteiger partial charge in [-0.3, -0.25) is 4.79 Å². The summed E-state index contributed by atoms with van der Waals surface area (Å²) in [5, 5.41) is 4.93. The van der Waals surface area contributed by atoms with Crippen LogP contribution >= 0.6 is 11.3 Å². The van der Waals surface area contributed by atoms with E-state index in [0.29, 0.717) is 10.7 Å². The molecule has 0 saturated carbocycles. The smallest absolute Gasteiger partial charge is 0.275 e. The molecule has 21 heavy (non-hydrogen) atoms. The lowest BCUT2D eigenvalue weighted by Gasteiger charge is -2.09. The molecule has 6 heteroatoms. The summed E-state index contributed by atoms with van der Waals surface area (Å²) in [5.74, 6) is 0.817. The van der Waals surface area contributed by atoms with Crippen molar-refractivity contribution < 1.29 is 4.74 Å². The molecule has 0 saturated heterocycles. The Balaban J connectivity index is 1.88. The highest BCUT2D eigenvalue weighted by molar-refractivity contribution is 7.16. The number of ether oxygens (including phenoxy) is 1. The molecule has 0 radical (unpaired) electrons. The number of fused-ring (bicyclic) bond motifs is 1. The first-order valence-corrected chi connectivity index (χ1v) is 7.41. The van der Waals surface area contributed by atoms with Crippen LogP contribution in [0, 0.1) is 20.8 Å². The zero-order valence-corrected chi connectivity index (χ0v) is 12.9. The van der Waals surface area contributed by atoms with Crippen molar-refractivity contribution in [2.75, 3.05) is 0 Å². The van der Waals surface area contributed by atoms with E-state index in [9.17, 15) is 4.79 Å². The Kier molecular flexibility index (Phi) is 3.47. The monoisotopic (exact) mass is 301 g/mol. The second kappa shape index (κ2) is 5.29. The maximum absolute atomic E-state index is 12.0. The number of rotatable bonds is 3. The predicted octanol–water partition coefficient (Wildman–Crippen LogP) is 2.66. The summed E-state index contributed by atoms with van der Waals surface area (Å²) < 4.78 is 7.11. The van der Waals surface area contributed by atoms with Crippen molar-refractivity contribution in [2.45, 2.75) is 27.4 Å². The van der Waals surface area contributed by atoms with Crippen molar-refractivity contribution in [2.24, 2.45) is 0 Å². The number of aryl methyl sites for hydroxylation is 3. The van der Waals surface area contributed by atoms with Gasteiger partial charge in [0, 0.05) is 6.07 Å². The molecule has 0 atom stereocenters. The Morgan fingerprint density at radius 2 is 2.05 bits per heavy atom. The molecule has 0 aliphatic rings. The van der Waals surface area contributed by atoms with Gasteiger partial charge < -0.3 is 4.74 Å². The summed E-state index contributed by atoms with van der Waals surface area (Å²) in [6.07, 6.45) is 0. The number of hydrogen-bond acceptors (Lipinski definition) is 5. The SMILES string of the molecule is Cc1ccc(C)c(OCc2cc(=O)n3nc(C)sc3n2)c1. The van der Waals surface area contributed by atoms with Crippen LogP contribution in [0.5, 0.6) is 5.75 Å². The first-order chi connectivity index (χ1) is 10.0. The maximum atomic E-state index is 12.0. The number of benzene rings is 1. The Labute approximate surface area is 125 Å². The zero-order chi connectivity index (χ0) is 15.0. The third-order valence-corrected chi connectivity index (χ3v) is 3.94. The standard InChI is InChI=1S/C15H15N3O2S/c1-9-4-5-10(2)13(6-9)20-8-12-7-14(19)18-15(16-12)21-11(3)17-18/h4-7H,8H2,1-3H3. The highest BCUT2D eigenvalue weighted by Crippen LogP contribution is 2.20. The maximum Gasteiger partial charge on any atom is 0.275 e. The average Bonchev–Trinajstić information content (AvgIpc) is 2.81. The fraction of sp³-hybridized carbons (Fsp3) is 0.267. The second-order valence-corrected chi connectivity index (χ2v) is 6.12. The van der Waals surface area contributed by atoms with Crippen molar-refractivity contribution in [3.8, 4) is 5.75 Å². The molecule has 0 aliphatic carbocycles. The van der Waals surface area contributed by atoms with Crippen LogP contribution in [0.1, 0.15) is 21.8 Å². The summed E-state index contributed by atoms with van der Waals surface area (Å²) in [6.45, 7) is 6.13. The quantitative estimate of drug-likeness (QED) is 0.746. The lowest BCUT2D eigenvalue weighted by molar-refractivity contribution is 0.299. The molecule has 0 N–H and O–H groups in total. The summed E-state index contributed by atoms with van der Waals surface area (Å²) in [7, 11) is 0. The molecule has 5 nitrogen and oxygen atoms in total. The molecule has 2 heterocycles. The molecular formula is C15H15N3O2S. The summed E-state index contributed by atoms with van der Waals surface area (Å²) in [4.78, 5) is 17.0. The van der Waals surface area contributed by atoms with E-state index in [-0.39, 0.29) is 12.2 Å². The van der Waals surface area contributed by atoms with E-state index in [1.165, 1.54) is 21.9 Å². The Morgan fingerprint density at radius 1 is 1.24 bits per heavy atom. The van der Waals surface area contributed by atoms with E-state index in [1.54, 1.807) is 0 Å². The fourth-order valence-electron chi connectivity index (χ4n) is 2.04. The van der Waals surface area contributed by atoms with Gasteiger partial charge in [-0.05, 0) is 38.0 Å². The van der Waals surface area contributed by atoms with E-state index >= 15 is 0 Å². The fourth-order valence-corrected chi connectivity index (χ4v) is 2.81. The van der Waals surface area contributed by atoms with Gasteiger partial charge >= 0.3 is 0 Å². The van der Waals surface area contributed by atoms with Crippen molar-refractivity contribution in [3.05, 3.63) is 56.4 Å². The topological polar surface area (TPSA) is 56.5 Å². The van der Waals surface area contributed by atoms with Gasteiger partial charge in [-0.25, -0.2) is 4.98 Å². The minimum Gasteiger partial charge on any atom is -0.487 e. The van der Waals surface area contributed by atoms with Gasteiger partial charge in [-0.2, -0.15) is 9.61 Å². The molecule has 3 aromatic rings. The average molecular weight is 301 g/mol. The molecule has 1 aromatic carbocycles. The molecule has 0 amide bonds. The lowest BCUT2D eigenvalue weighted by Crippen LogP contribution is -2.16. The molecule has 108 valence electrons. The normalized spacial score (nSPS) is 11.0. The first-order valence-electron chi connectivity index (χ1n) is 6.59. The minimum atomic E-state index is -0.177. The van der Waals surface area contributed by atoms with Crippen molar-refractivity contribution in [1.29, 1.82) is 0 Å². The van der Waals surface area contributed by atoms with Gasteiger partial charge in [0.05, 0.1) is 5.69 Å². The number of nitrogens with zero attached hydrogens (tertiary/aromatic N) is 3. The predicted molar refractivity (Wildman–Crippen MR) is 82.1 cm³/mol. The largest absolute Gasteiger partial charge is 0.487 e. The summed E-state index contributed by atoms with van der Waals surface area (Å²) >= 11 is 1.39. The van der Waals surface area contributed by atoms with Crippen LogP contribution in [-0.2, 0) is 6.61 Å². The summed E-state index contributed by atoms with van der Waals surface area (Å²) in [6, 6.07) is 7.51. The van der Waals surface area contributed by atoms with Crippen LogP contribution in [0.3, 0.4) is 0 Å². The minimum absolute atomic E-state index is 0.177. The van der Waals surface area contributed by atoms with E-state index in [0.717, 1.165) is 21.9 Å². The summed E-state index contributed by atoms with van der Waals surface area (Å²) in [5.41, 5.74) is 2.64. The molecule has 0 spiro atoms. The van der Waals surface area contributed by atoms with E-state index in [4.69, 9.17) is 4.74 Å². The van der Waals surface area contributed by atoms with Gasteiger partial charge in [0.1, 0.15) is 17.4 Å². The highest BCUT2D eigenvalue weighted by atomic mass is 32.1. The van der Waals surface area contributed by atoms with Crippen LogP contribution in [-0.4, -0.2) is 14.6 Å². The van der Waals surface area contributed by atoms with Gasteiger partial charge in [-0.15, -0.1) is 0 Å². The van der Waals surface area contributed by atoms with Gasteiger partial charge in [0.2, 0.25) is 4.96 Å². The van der Waals surface area contributed by atoms with Crippen molar-refractivity contribution in [3.63, 3.8) is 0 Å². The lowest BCUT2D eigenvalue weighted by atomic mass is 10.1. The first kappa shape index (κ1) is 13.8. The van der Waals surface area contributed by atoms with E-state index in [1.807, 2.05) is 39.0 Å². The molecule has 3 rings (SSSR count). The Bertz CT molecular complexity index is 867. The number of aromatic nitrogens is 3. The molecule has 0 unspecified atom stereocenters. The van der Waals surface area contributed by atoms with Crippen LogP contribution in [0.15, 0.2) is 29.1 Å². The van der Waals surface area contributed by atoms with Gasteiger partial charge in [0.15, 0.2) is 0 Å². The Hall–Kier alpha value is -2.21. The molecule has 0 aliphatic heterocycles. The van der Waals surface area contributed by atoms with Gasteiger partial charge in [0.25, 0.3) is 5.56 Å². The van der Waals surface area contributed by atoms with Gasteiger partial charge in [-0.1, -0.05) is 23.5 Å². The van der Waals surface area contributed by atoms with Crippen LogP contribution in [0.25, 0.3) is 4.96 Å². The van der Waals surface area contributed by atoms with Crippen molar-refractivity contribution >= 4 is 16.3 Å². The van der Waals surface area contributed by atoms with Crippen LogP contribution < -0.4 is 10.3 Å². The van der Waals surface area contributed by atoms with E-state index in [2.05, 4.69) is 10.1 Å². The third kappa shape index (κ3) is 2.80. The second-order valence-electron chi connectivity index (χ2n) is 4.96. The zero-order valence-electron chi connectivity index (χ0n) is 12.1. The van der Waals surface area contributed by atoms with Crippen LogP contribution in [0.4, 0.5) is 0 Å². The molecule has 0 bridgehead atoms. The third-order valence-electron chi connectivity index (χ3n) is 3.12. The molecular weight excluding hydrogens is 286 g/mol. The molecule has 0 fully saturated rings. The highest BCUT2D eigenvalue weighted by Gasteiger charge is 2.08. The van der Waals surface area contributed by atoms with E-state index < -0.39 is 0 Å². The number of hydrogen-bond donors (Lipinski definition) is 0. The van der Waals surface area contributed by atoms with Crippen LogP contribution in [0.2, 0.25) is 0 Å².